The highest BCUT2D eigenvalue weighted by atomic mass is 19.4. The summed E-state index contributed by atoms with van der Waals surface area (Å²) in [7, 11) is 0. The molecule has 2 fully saturated rings. The minimum atomic E-state index is -4.45. The summed E-state index contributed by atoms with van der Waals surface area (Å²) >= 11 is 0. The fourth-order valence-electron chi connectivity index (χ4n) is 3.66. The Balaban J connectivity index is 1.46. The zero-order valence-corrected chi connectivity index (χ0v) is 13.6. The average molecular weight is 350 g/mol. The zero-order valence-electron chi connectivity index (χ0n) is 13.6. The third-order valence-corrected chi connectivity index (χ3v) is 4.87. The normalized spacial score (nSPS) is 23.2. The summed E-state index contributed by atoms with van der Waals surface area (Å²) in [6.45, 7) is 5.00. The third kappa shape index (κ3) is 3.10. The molecule has 4 rings (SSSR count). The molecule has 25 heavy (non-hydrogen) atoms. The van der Waals surface area contributed by atoms with Crippen LogP contribution in [0.1, 0.15) is 11.4 Å². The van der Waals surface area contributed by atoms with Gasteiger partial charge in [-0.15, -0.1) is 0 Å². The number of fused-ring (bicyclic) bond motifs is 1. The lowest BCUT2D eigenvalue weighted by Crippen LogP contribution is -2.30. The van der Waals surface area contributed by atoms with Crippen molar-refractivity contribution in [1.82, 2.24) is 19.9 Å². The van der Waals surface area contributed by atoms with Crippen LogP contribution in [0.2, 0.25) is 0 Å². The Kier molecular flexibility index (Phi) is 3.73. The minimum absolute atomic E-state index is 0.348. The lowest BCUT2D eigenvalue weighted by atomic mass is 10.0. The largest absolute Gasteiger partial charge is 0.433 e. The molecule has 0 spiro atoms. The van der Waals surface area contributed by atoms with E-state index in [1.54, 1.807) is 6.33 Å². The van der Waals surface area contributed by atoms with Crippen molar-refractivity contribution in [3.05, 3.63) is 36.2 Å². The van der Waals surface area contributed by atoms with Gasteiger partial charge in [0.05, 0.1) is 0 Å². The van der Waals surface area contributed by atoms with Gasteiger partial charge in [-0.1, -0.05) is 0 Å². The van der Waals surface area contributed by atoms with Crippen LogP contribution >= 0.6 is 0 Å². The summed E-state index contributed by atoms with van der Waals surface area (Å²) in [6, 6.07) is 2.99. The van der Waals surface area contributed by atoms with Crippen LogP contribution in [-0.4, -0.2) is 46.1 Å². The maximum Gasteiger partial charge on any atom is 0.433 e. The second-order valence-corrected chi connectivity index (χ2v) is 6.61. The molecule has 2 aromatic heterocycles. The fourth-order valence-corrected chi connectivity index (χ4v) is 3.66. The molecule has 0 saturated carbocycles. The number of alkyl halides is 3. The van der Waals surface area contributed by atoms with Gasteiger partial charge in [0, 0.05) is 55.8 Å². The van der Waals surface area contributed by atoms with E-state index in [2.05, 4.69) is 24.8 Å². The first-order valence-electron chi connectivity index (χ1n) is 8.08. The van der Waals surface area contributed by atoms with Gasteiger partial charge < -0.3 is 9.80 Å². The highest BCUT2D eigenvalue weighted by molar-refractivity contribution is 5.45. The van der Waals surface area contributed by atoms with Crippen LogP contribution in [0.15, 0.2) is 24.8 Å². The van der Waals surface area contributed by atoms with E-state index in [0.29, 0.717) is 30.7 Å². The zero-order chi connectivity index (χ0) is 17.6. The molecule has 2 unspecified atom stereocenters. The molecule has 6 nitrogen and oxygen atoms in total. The second kappa shape index (κ2) is 5.82. The van der Waals surface area contributed by atoms with Crippen molar-refractivity contribution < 1.29 is 13.2 Å². The number of halogens is 3. The highest BCUT2D eigenvalue weighted by Crippen LogP contribution is 2.36. The van der Waals surface area contributed by atoms with E-state index in [-0.39, 0.29) is 0 Å². The van der Waals surface area contributed by atoms with E-state index >= 15 is 0 Å². The summed E-state index contributed by atoms with van der Waals surface area (Å²) in [5.41, 5.74) is 0.0250. The van der Waals surface area contributed by atoms with Gasteiger partial charge in [-0.2, -0.15) is 13.2 Å². The maximum absolute atomic E-state index is 12.8. The van der Waals surface area contributed by atoms with E-state index in [0.717, 1.165) is 37.0 Å². The Hall–Kier alpha value is -2.45. The number of hydrogen-bond donors (Lipinski definition) is 0. The van der Waals surface area contributed by atoms with E-state index in [1.807, 2.05) is 17.9 Å². The number of nitrogens with zero attached hydrogens (tertiary/aromatic N) is 6. The number of anilines is 2. The molecule has 132 valence electrons. The van der Waals surface area contributed by atoms with Crippen molar-refractivity contribution in [2.75, 3.05) is 36.0 Å². The van der Waals surface area contributed by atoms with E-state index in [4.69, 9.17) is 0 Å². The molecule has 2 aliphatic rings. The lowest BCUT2D eigenvalue weighted by Gasteiger charge is -2.23. The Labute approximate surface area is 142 Å². The molecular weight excluding hydrogens is 333 g/mol. The summed E-state index contributed by atoms with van der Waals surface area (Å²) in [6.07, 6.45) is -1.90. The molecule has 2 saturated heterocycles. The molecule has 0 aromatic carbocycles. The van der Waals surface area contributed by atoms with Crippen LogP contribution in [0, 0.1) is 18.8 Å². The SMILES string of the molecule is Cc1cc(N2CC3CN(c4cc(C(F)(F)F)ncn4)CC3C2)ncn1. The Bertz CT molecular complexity index is 766. The number of rotatable bonds is 2. The second-order valence-electron chi connectivity index (χ2n) is 6.61. The van der Waals surface area contributed by atoms with Gasteiger partial charge in [0.1, 0.15) is 30.0 Å². The highest BCUT2D eigenvalue weighted by Gasteiger charge is 2.41. The quantitative estimate of drug-likeness (QED) is 0.827. The molecule has 4 heterocycles. The first-order valence-corrected chi connectivity index (χ1v) is 8.08. The van der Waals surface area contributed by atoms with Crippen LogP contribution < -0.4 is 9.80 Å². The van der Waals surface area contributed by atoms with Gasteiger partial charge >= 0.3 is 6.18 Å². The van der Waals surface area contributed by atoms with Crippen LogP contribution in [-0.2, 0) is 6.18 Å². The van der Waals surface area contributed by atoms with Crippen molar-refractivity contribution in [2.24, 2.45) is 11.8 Å². The number of aromatic nitrogens is 4. The summed E-state index contributed by atoms with van der Waals surface area (Å²) in [5, 5.41) is 0. The molecule has 9 heteroatoms. The summed E-state index contributed by atoms with van der Waals surface area (Å²) < 4.78 is 38.5. The van der Waals surface area contributed by atoms with Gasteiger partial charge in [0.25, 0.3) is 0 Å². The molecule has 0 bridgehead atoms. The molecule has 0 amide bonds. The third-order valence-electron chi connectivity index (χ3n) is 4.87. The molecular formula is C16H17F3N6. The molecule has 0 N–H and O–H groups in total. The Morgan fingerprint density at radius 2 is 1.36 bits per heavy atom. The van der Waals surface area contributed by atoms with Crippen molar-refractivity contribution in [3.63, 3.8) is 0 Å². The van der Waals surface area contributed by atoms with Crippen molar-refractivity contribution in [2.45, 2.75) is 13.1 Å². The van der Waals surface area contributed by atoms with Crippen LogP contribution in [0.3, 0.4) is 0 Å². The van der Waals surface area contributed by atoms with Gasteiger partial charge in [-0.25, -0.2) is 19.9 Å². The van der Waals surface area contributed by atoms with Crippen LogP contribution in [0.4, 0.5) is 24.8 Å². The predicted molar refractivity (Wildman–Crippen MR) is 85.2 cm³/mol. The summed E-state index contributed by atoms with van der Waals surface area (Å²) in [5.74, 6) is 2.04. The van der Waals surface area contributed by atoms with Gasteiger partial charge in [-0.3, -0.25) is 0 Å². The summed E-state index contributed by atoms with van der Waals surface area (Å²) in [4.78, 5) is 19.9. The standard InChI is InChI=1S/C16H17F3N6/c1-10-2-14(22-8-20-10)24-4-11-6-25(7-12(11)5-24)15-3-13(16(17,18)19)21-9-23-15/h2-3,8-9,11-12H,4-7H2,1H3. The maximum atomic E-state index is 12.8. The molecule has 2 atom stereocenters. The van der Waals surface area contributed by atoms with Crippen LogP contribution in [0.25, 0.3) is 0 Å². The van der Waals surface area contributed by atoms with Gasteiger partial charge in [0.2, 0.25) is 0 Å². The fraction of sp³-hybridized carbons (Fsp3) is 0.500. The number of aryl methyl sites for hydroxylation is 1. The van der Waals surface area contributed by atoms with Gasteiger partial charge in [0.15, 0.2) is 0 Å². The van der Waals surface area contributed by atoms with Gasteiger partial charge in [-0.05, 0) is 6.92 Å². The minimum Gasteiger partial charge on any atom is -0.356 e. The average Bonchev–Trinajstić information content (AvgIpc) is 3.13. The number of hydrogen-bond acceptors (Lipinski definition) is 6. The Morgan fingerprint density at radius 3 is 1.88 bits per heavy atom. The Morgan fingerprint density at radius 1 is 0.840 bits per heavy atom. The molecule has 0 aliphatic carbocycles. The predicted octanol–water partition coefficient (Wildman–Crippen LogP) is 2.17. The molecule has 2 aromatic rings. The van der Waals surface area contributed by atoms with Crippen molar-refractivity contribution in [1.29, 1.82) is 0 Å². The smallest absolute Gasteiger partial charge is 0.356 e. The lowest BCUT2D eigenvalue weighted by molar-refractivity contribution is -0.141. The van der Waals surface area contributed by atoms with E-state index in [9.17, 15) is 13.2 Å². The van der Waals surface area contributed by atoms with E-state index < -0.39 is 11.9 Å². The first kappa shape index (κ1) is 16.0. The molecule has 2 aliphatic heterocycles. The molecule has 0 radical (unpaired) electrons. The topological polar surface area (TPSA) is 58.0 Å². The monoisotopic (exact) mass is 350 g/mol. The first-order chi connectivity index (χ1) is 11.9. The van der Waals surface area contributed by atoms with Crippen molar-refractivity contribution >= 4 is 11.6 Å². The van der Waals surface area contributed by atoms with Crippen molar-refractivity contribution in [3.8, 4) is 0 Å². The van der Waals surface area contributed by atoms with Crippen LogP contribution in [0.5, 0.6) is 0 Å². The van der Waals surface area contributed by atoms with E-state index in [1.165, 1.54) is 0 Å².